The van der Waals surface area contributed by atoms with Crippen molar-refractivity contribution in [3.8, 4) is 0 Å². The second-order valence-electron chi connectivity index (χ2n) is 23.9. The number of nitrogens with one attached hydrogen (secondary N) is 1. The first-order valence-electron chi connectivity index (χ1n) is 34.3. The fraction of sp³-hybridized carbons (Fsp3) is 0.708. The highest BCUT2D eigenvalue weighted by Crippen LogP contribution is 2.33. The fourth-order valence-electron chi connectivity index (χ4n) is 10.8. The molecule has 17 unspecified atom stereocenters. The van der Waals surface area contributed by atoms with Gasteiger partial charge in [-0.3, -0.25) is 4.79 Å². The van der Waals surface area contributed by atoms with E-state index >= 15 is 0 Å². The first-order valence-corrected chi connectivity index (χ1v) is 34.3. The van der Waals surface area contributed by atoms with E-state index in [0.29, 0.717) is 19.3 Å². The molecule has 3 aliphatic heterocycles. The van der Waals surface area contributed by atoms with Crippen LogP contribution in [-0.2, 0) is 33.2 Å². The second kappa shape index (κ2) is 52.5. The van der Waals surface area contributed by atoms with Gasteiger partial charge >= 0.3 is 0 Å². The standard InChI is InChI=1S/C72H119NO18/c1-3-5-7-9-11-13-15-17-18-19-20-21-22-23-24-25-26-27-28-29-30-31-32-33-34-35-36-38-40-42-44-46-48-50-60(78)73-55(56(77)49-47-45-43-41-39-37-16-14-12-10-8-6-4-2)54-86-70-66(84)63(81)68(58(52-75)88-70)91-72-67(85)64(82)69(59(53-76)89-72)90-71-65(83)62(80)61(79)57(51-74)87-71/h5,7,11,13,17-18,20-21,23-24,26-27,29-30,32-33,35-36,40,42,55-59,61-72,74-77,79-85H,3-4,6,8-10,12,14-16,19,22,25,28,31,34,37-39,41,43-54H2,1-2H3,(H,73,78)/b7-5-,13-11-,18-17-,21-20-,24-23-,27-26-,30-29-,33-32-,36-35-,42-40-. The molecular formula is C72H119NO18. The van der Waals surface area contributed by atoms with Crippen molar-refractivity contribution < 1.29 is 89.4 Å². The molecule has 3 fully saturated rings. The van der Waals surface area contributed by atoms with Crippen LogP contribution >= 0.6 is 0 Å². The highest BCUT2D eigenvalue weighted by Gasteiger charge is 2.53. The van der Waals surface area contributed by atoms with E-state index in [-0.39, 0.29) is 18.9 Å². The Labute approximate surface area is 544 Å². The third-order valence-electron chi connectivity index (χ3n) is 16.3. The van der Waals surface area contributed by atoms with Crippen molar-refractivity contribution in [3.05, 3.63) is 122 Å². The molecule has 3 aliphatic rings. The third kappa shape index (κ3) is 34.4. The van der Waals surface area contributed by atoms with E-state index in [4.69, 9.17) is 28.4 Å². The number of ether oxygens (including phenoxy) is 6. The van der Waals surface area contributed by atoms with Crippen LogP contribution in [0.5, 0.6) is 0 Å². The number of unbranched alkanes of at least 4 members (excludes halogenated alkanes) is 14. The molecule has 3 heterocycles. The number of aliphatic hydroxyl groups excluding tert-OH is 11. The van der Waals surface area contributed by atoms with Crippen molar-refractivity contribution in [1.82, 2.24) is 5.32 Å². The Morgan fingerprint density at radius 3 is 1.16 bits per heavy atom. The summed E-state index contributed by atoms with van der Waals surface area (Å²) in [5, 5.41) is 120. The van der Waals surface area contributed by atoms with Gasteiger partial charge < -0.3 is 89.9 Å². The highest BCUT2D eigenvalue weighted by molar-refractivity contribution is 5.76. The van der Waals surface area contributed by atoms with Crippen LogP contribution in [0.1, 0.15) is 194 Å². The van der Waals surface area contributed by atoms with Crippen molar-refractivity contribution in [2.45, 2.75) is 298 Å². The summed E-state index contributed by atoms with van der Waals surface area (Å²) in [6.07, 6.45) is 44.3. The van der Waals surface area contributed by atoms with Gasteiger partial charge in [0.05, 0.1) is 38.6 Å². The molecule has 3 rings (SSSR count). The van der Waals surface area contributed by atoms with Crippen molar-refractivity contribution in [1.29, 1.82) is 0 Å². The second-order valence-corrected chi connectivity index (χ2v) is 23.9. The Morgan fingerprint density at radius 2 is 0.758 bits per heavy atom. The zero-order valence-corrected chi connectivity index (χ0v) is 54.8. The number of hydrogen-bond donors (Lipinski definition) is 12. The minimum Gasteiger partial charge on any atom is -0.394 e. The normalized spacial score (nSPS) is 28.6. The Balaban J connectivity index is 1.41. The van der Waals surface area contributed by atoms with E-state index in [1.54, 1.807) is 0 Å². The lowest BCUT2D eigenvalue weighted by molar-refractivity contribution is -0.379. The van der Waals surface area contributed by atoms with E-state index < -0.39 is 124 Å². The van der Waals surface area contributed by atoms with Crippen LogP contribution < -0.4 is 5.32 Å². The van der Waals surface area contributed by atoms with E-state index in [1.807, 2.05) is 0 Å². The number of amides is 1. The zero-order valence-electron chi connectivity index (χ0n) is 54.8. The van der Waals surface area contributed by atoms with Gasteiger partial charge in [0.25, 0.3) is 0 Å². The molecule has 17 atom stereocenters. The average Bonchev–Trinajstić information content (AvgIpc) is 0.871. The SMILES string of the molecule is CC/C=C\C/C=C\C/C=C\C/C=C\C/C=C\C/C=C\C/C=C\C/C=C\C/C=C\C/C=C\CCCCC(=O)NC(COC1OC(CO)C(OC2OC(CO)C(OC3OC(CO)C(O)C(O)C3O)C(O)C2O)C(O)C1O)C(O)CCCCCCCCCCCCCCC. The van der Waals surface area contributed by atoms with Gasteiger partial charge in [-0.1, -0.05) is 219 Å². The molecule has 12 N–H and O–H groups in total. The number of carbonyl (C=O) groups is 1. The molecule has 0 aromatic heterocycles. The third-order valence-corrected chi connectivity index (χ3v) is 16.3. The Bertz CT molecular complexity index is 2120. The topological polar surface area (TPSA) is 307 Å². The van der Waals surface area contributed by atoms with Gasteiger partial charge in [0.15, 0.2) is 18.9 Å². The predicted octanol–water partition coefficient (Wildman–Crippen LogP) is 8.82. The molecule has 520 valence electrons. The van der Waals surface area contributed by atoms with Gasteiger partial charge in [-0.15, -0.1) is 0 Å². The molecular weight excluding hydrogens is 1170 g/mol. The van der Waals surface area contributed by atoms with Crippen molar-refractivity contribution in [3.63, 3.8) is 0 Å². The lowest BCUT2D eigenvalue weighted by atomic mass is 9.96. The summed E-state index contributed by atoms with van der Waals surface area (Å²) in [6.45, 7) is 1.62. The Hall–Kier alpha value is -3.81. The molecule has 0 aromatic rings. The van der Waals surface area contributed by atoms with Crippen LogP contribution in [0.15, 0.2) is 122 Å². The van der Waals surface area contributed by atoms with Crippen molar-refractivity contribution >= 4 is 5.91 Å². The molecule has 0 radical (unpaired) electrons. The average molecular weight is 1290 g/mol. The zero-order chi connectivity index (χ0) is 66.1. The maximum atomic E-state index is 13.4. The molecule has 0 spiro atoms. The number of hydrogen-bond acceptors (Lipinski definition) is 18. The smallest absolute Gasteiger partial charge is 0.220 e. The maximum Gasteiger partial charge on any atom is 0.220 e. The van der Waals surface area contributed by atoms with Gasteiger partial charge in [0.1, 0.15) is 73.2 Å². The van der Waals surface area contributed by atoms with Crippen LogP contribution in [0.3, 0.4) is 0 Å². The Morgan fingerprint density at radius 1 is 0.407 bits per heavy atom. The monoisotopic (exact) mass is 1290 g/mol. The van der Waals surface area contributed by atoms with Crippen LogP contribution in [0, 0.1) is 0 Å². The minimum absolute atomic E-state index is 0.203. The number of allylic oxidation sites excluding steroid dienone is 20. The molecule has 3 saturated heterocycles. The van der Waals surface area contributed by atoms with Crippen molar-refractivity contribution in [2.24, 2.45) is 0 Å². The Kier molecular flexibility index (Phi) is 46.9. The predicted molar refractivity (Wildman–Crippen MR) is 355 cm³/mol. The van der Waals surface area contributed by atoms with E-state index in [0.717, 1.165) is 96.3 Å². The van der Waals surface area contributed by atoms with Crippen LogP contribution in [0.4, 0.5) is 0 Å². The van der Waals surface area contributed by atoms with E-state index in [2.05, 4.69) is 141 Å². The minimum atomic E-state index is -1.98. The summed E-state index contributed by atoms with van der Waals surface area (Å²) in [5.41, 5.74) is 0. The van der Waals surface area contributed by atoms with Gasteiger partial charge in [-0.2, -0.15) is 0 Å². The molecule has 19 heteroatoms. The molecule has 0 saturated carbocycles. The summed E-state index contributed by atoms with van der Waals surface area (Å²) in [5.74, 6) is -0.291. The first-order chi connectivity index (χ1) is 44.3. The van der Waals surface area contributed by atoms with Crippen LogP contribution in [0.25, 0.3) is 0 Å². The summed E-state index contributed by atoms with van der Waals surface area (Å²) in [6, 6.07) is -0.919. The largest absolute Gasteiger partial charge is 0.394 e. The van der Waals surface area contributed by atoms with Crippen LogP contribution in [0.2, 0.25) is 0 Å². The lowest BCUT2D eigenvalue weighted by Crippen LogP contribution is -2.66. The van der Waals surface area contributed by atoms with Gasteiger partial charge in [0.2, 0.25) is 5.91 Å². The maximum absolute atomic E-state index is 13.4. The van der Waals surface area contributed by atoms with E-state index in [1.165, 1.54) is 57.8 Å². The number of rotatable bonds is 50. The highest BCUT2D eigenvalue weighted by atomic mass is 16.8. The van der Waals surface area contributed by atoms with Gasteiger partial charge in [-0.25, -0.2) is 0 Å². The molecule has 0 aromatic carbocycles. The number of carbonyl (C=O) groups excluding carboxylic acids is 1. The molecule has 0 aliphatic carbocycles. The molecule has 19 nitrogen and oxygen atoms in total. The quantitative estimate of drug-likeness (QED) is 0.0200. The lowest BCUT2D eigenvalue weighted by Gasteiger charge is -2.48. The molecule has 91 heavy (non-hydrogen) atoms. The summed E-state index contributed by atoms with van der Waals surface area (Å²) in [4.78, 5) is 13.4. The first kappa shape index (κ1) is 81.4. The fourth-order valence-corrected chi connectivity index (χ4v) is 10.8. The van der Waals surface area contributed by atoms with Crippen molar-refractivity contribution in [2.75, 3.05) is 26.4 Å². The number of aliphatic hydroxyl groups is 11. The van der Waals surface area contributed by atoms with Gasteiger partial charge in [-0.05, 0) is 89.9 Å². The van der Waals surface area contributed by atoms with Gasteiger partial charge in [0, 0.05) is 6.42 Å². The summed E-state index contributed by atoms with van der Waals surface area (Å²) < 4.78 is 34.3. The summed E-state index contributed by atoms with van der Waals surface area (Å²) in [7, 11) is 0. The molecule has 0 bridgehead atoms. The van der Waals surface area contributed by atoms with Crippen LogP contribution in [-0.4, -0.2) is 193 Å². The summed E-state index contributed by atoms with van der Waals surface area (Å²) >= 11 is 0. The molecule has 1 amide bonds. The van der Waals surface area contributed by atoms with E-state index in [9.17, 15) is 61.0 Å².